The Labute approximate surface area is 271 Å². The SMILES string of the molecule is CCOC(=O)c1c(NC(=O)C(Sc2cccc(NC(=S)Nc3ccccc3OC)c2)c2ccccc2)sc2c1CCCCC2. The number of anilines is 3. The molecule has 0 radical (unpaired) electrons. The highest BCUT2D eigenvalue weighted by atomic mass is 32.2. The summed E-state index contributed by atoms with van der Waals surface area (Å²) in [6.45, 7) is 2.08. The molecule has 1 atom stereocenters. The lowest BCUT2D eigenvalue weighted by atomic mass is 10.1. The van der Waals surface area contributed by atoms with E-state index in [2.05, 4.69) is 16.0 Å². The average Bonchev–Trinajstić information content (AvgIpc) is 3.20. The number of esters is 1. The predicted molar refractivity (Wildman–Crippen MR) is 184 cm³/mol. The number of aryl methyl sites for hydroxylation is 1. The van der Waals surface area contributed by atoms with Crippen LogP contribution in [-0.2, 0) is 22.4 Å². The summed E-state index contributed by atoms with van der Waals surface area (Å²) in [5.41, 5.74) is 3.94. The lowest BCUT2D eigenvalue weighted by Gasteiger charge is -2.18. The first-order chi connectivity index (χ1) is 21.5. The number of methoxy groups -OCH3 is 1. The van der Waals surface area contributed by atoms with E-state index < -0.39 is 5.25 Å². The molecule has 0 saturated heterocycles. The van der Waals surface area contributed by atoms with Gasteiger partial charge in [-0.1, -0.05) is 55.0 Å². The third kappa shape index (κ3) is 7.80. The lowest BCUT2D eigenvalue weighted by Crippen LogP contribution is -2.20. The van der Waals surface area contributed by atoms with Crippen LogP contribution in [0.5, 0.6) is 5.75 Å². The standard InChI is InChI=1S/C34H35N3O4S3/c1-3-41-33(39)29-25-17-8-5-9-20-28(25)44-32(29)37-31(38)30(22-13-6-4-7-14-22)43-24-16-12-15-23(21-24)35-34(42)36-26-18-10-11-19-27(26)40-2/h4,6-7,10-16,18-19,21,30H,3,5,8-9,17,20H2,1-2H3,(H,37,38)(H2,35,36,42). The normalized spacial score (nSPS) is 13.1. The second kappa shape index (κ2) is 15.2. The Balaban J connectivity index is 1.37. The Morgan fingerprint density at radius 1 is 0.932 bits per heavy atom. The third-order valence-corrected chi connectivity index (χ3v) is 9.84. The molecule has 0 fully saturated rings. The van der Waals surface area contributed by atoms with Crippen molar-refractivity contribution in [1.82, 2.24) is 0 Å². The van der Waals surface area contributed by atoms with Crippen LogP contribution in [0.3, 0.4) is 0 Å². The molecule has 1 unspecified atom stereocenters. The molecule has 3 aromatic carbocycles. The van der Waals surface area contributed by atoms with Crippen LogP contribution in [0, 0.1) is 0 Å². The summed E-state index contributed by atoms with van der Waals surface area (Å²) in [6.07, 6.45) is 4.96. The van der Waals surface area contributed by atoms with Crippen molar-refractivity contribution < 1.29 is 19.1 Å². The van der Waals surface area contributed by atoms with Crippen molar-refractivity contribution in [1.29, 1.82) is 0 Å². The molecule has 1 aliphatic carbocycles. The van der Waals surface area contributed by atoms with Gasteiger partial charge < -0.3 is 25.4 Å². The number of hydrogen-bond acceptors (Lipinski definition) is 7. The topological polar surface area (TPSA) is 88.7 Å². The summed E-state index contributed by atoms with van der Waals surface area (Å²) in [6, 6.07) is 25.0. The highest BCUT2D eigenvalue weighted by molar-refractivity contribution is 8.00. The molecule has 1 aliphatic rings. The molecule has 0 saturated carbocycles. The number of thiocarbonyl (C=S) groups is 1. The Hall–Kier alpha value is -3.86. The maximum atomic E-state index is 14.0. The molecule has 3 N–H and O–H groups in total. The van der Waals surface area contributed by atoms with Crippen molar-refractivity contribution in [2.45, 2.75) is 49.2 Å². The van der Waals surface area contributed by atoms with Gasteiger partial charge in [0.2, 0.25) is 5.91 Å². The molecule has 228 valence electrons. The minimum Gasteiger partial charge on any atom is -0.495 e. The molecule has 1 heterocycles. The van der Waals surface area contributed by atoms with E-state index in [-0.39, 0.29) is 18.5 Å². The maximum absolute atomic E-state index is 14.0. The van der Waals surface area contributed by atoms with E-state index in [1.165, 1.54) is 28.0 Å². The van der Waals surface area contributed by atoms with Crippen LogP contribution < -0.4 is 20.7 Å². The first kappa shape index (κ1) is 31.6. The van der Waals surface area contributed by atoms with Crippen molar-refractivity contribution in [3.05, 3.63) is 100 Å². The fraction of sp³-hybridized carbons (Fsp3) is 0.265. The van der Waals surface area contributed by atoms with Gasteiger partial charge in [0, 0.05) is 15.5 Å². The Bertz CT molecular complexity index is 1620. The van der Waals surface area contributed by atoms with Gasteiger partial charge in [-0.3, -0.25) is 4.79 Å². The van der Waals surface area contributed by atoms with Gasteiger partial charge in [-0.2, -0.15) is 0 Å². The van der Waals surface area contributed by atoms with E-state index in [0.29, 0.717) is 21.4 Å². The molecule has 4 aromatic rings. The number of ether oxygens (including phenoxy) is 2. The number of thioether (sulfide) groups is 1. The lowest BCUT2D eigenvalue weighted by molar-refractivity contribution is -0.115. The fourth-order valence-electron chi connectivity index (χ4n) is 5.14. The van der Waals surface area contributed by atoms with E-state index >= 15 is 0 Å². The molecule has 0 bridgehead atoms. The van der Waals surface area contributed by atoms with Gasteiger partial charge in [-0.25, -0.2) is 4.79 Å². The number of carbonyl (C=O) groups excluding carboxylic acids is 2. The smallest absolute Gasteiger partial charge is 0.341 e. The Morgan fingerprint density at radius 3 is 2.50 bits per heavy atom. The van der Waals surface area contributed by atoms with Crippen LogP contribution in [0.4, 0.5) is 16.4 Å². The van der Waals surface area contributed by atoms with E-state index in [4.69, 9.17) is 21.7 Å². The van der Waals surface area contributed by atoms with Crippen LogP contribution in [0.25, 0.3) is 0 Å². The summed E-state index contributed by atoms with van der Waals surface area (Å²) in [5, 5.41) is 9.96. The van der Waals surface area contributed by atoms with Crippen molar-refractivity contribution in [3.8, 4) is 5.75 Å². The van der Waals surface area contributed by atoms with Gasteiger partial charge in [0.05, 0.1) is 25.0 Å². The van der Waals surface area contributed by atoms with E-state index in [1.54, 1.807) is 14.0 Å². The number of thiophene rings is 1. The quantitative estimate of drug-likeness (QED) is 0.0685. The summed E-state index contributed by atoms with van der Waals surface area (Å²) >= 11 is 8.50. The fourth-order valence-corrected chi connectivity index (χ4v) is 7.74. The molecule has 0 aliphatic heterocycles. The number of nitrogens with one attached hydrogen (secondary N) is 3. The second-order valence-corrected chi connectivity index (χ2v) is 12.9. The number of rotatable bonds is 10. The van der Waals surface area contributed by atoms with E-state index in [9.17, 15) is 9.59 Å². The molecular formula is C34H35N3O4S3. The minimum absolute atomic E-state index is 0.199. The van der Waals surface area contributed by atoms with Crippen LogP contribution >= 0.6 is 35.3 Å². The van der Waals surface area contributed by atoms with Crippen LogP contribution in [-0.4, -0.2) is 30.7 Å². The third-order valence-electron chi connectivity index (χ3n) is 7.18. The number of para-hydroxylation sites is 2. The highest BCUT2D eigenvalue weighted by Gasteiger charge is 2.29. The molecule has 10 heteroatoms. The summed E-state index contributed by atoms with van der Waals surface area (Å²) < 4.78 is 10.8. The van der Waals surface area contributed by atoms with Crippen molar-refractivity contribution in [3.63, 3.8) is 0 Å². The molecule has 44 heavy (non-hydrogen) atoms. The largest absolute Gasteiger partial charge is 0.495 e. The monoisotopic (exact) mass is 645 g/mol. The Kier molecular flexibility index (Phi) is 10.9. The zero-order valence-corrected chi connectivity index (χ0v) is 27.1. The minimum atomic E-state index is -0.568. The average molecular weight is 646 g/mol. The van der Waals surface area contributed by atoms with Crippen LogP contribution in [0.1, 0.15) is 57.8 Å². The molecule has 0 spiro atoms. The predicted octanol–water partition coefficient (Wildman–Crippen LogP) is 8.48. The summed E-state index contributed by atoms with van der Waals surface area (Å²) in [5.74, 6) is 0.114. The van der Waals surface area contributed by atoms with Crippen molar-refractivity contribution in [2.24, 2.45) is 0 Å². The zero-order valence-electron chi connectivity index (χ0n) is 24.7. The molecule has 1 amide bonds. The number of fused-ring (bicyclic) bond motifs is 1. The van der Waals surface area contributed by atoms with Crippen LogP contribution in [0.2, 0.25) is 0 Å². The second-order valence-electron chi connectivity index (χ2n) is 10.2. The first-order valence-electron chi connectivity index (χ1n) is 14.6. The van der Waals surface area contributed by atoms with Gasteiger partial charge in [0.15, 0.2) is 5.11 Å². The van der Waals surface area contributed by atoms with Gasteiger partial charge in [0.1, 0.15) is 16.0 Å². The van der Waals surface area contributed by atoms with Gasteiger partial charge >= 0.3 is 5.97 Å². The first-order valence-corrected chi connectivity index (χ1v) is 16.7. The van der Waals surface area contributed by atoms with Crippen molar-refractivity contribution in [2.75, 3.05) is 29.7 Å². The molecule has 7 nitrogen and oxygen atoms in total. The van der Waals surface area contributed by atoms with Crippen molar-refractivity contribution >= 4 is 68.7 Å². The van der Waals surface area contributed by atoms with E-state index in [1.807, 2.05) is 78.9 Å². The van der Waals surface area contributed by atoms with Crippen LogP contribution in [0.15, 0.2) is 83.8 Å². The molecule has 1 aromatic heterocycles. The summed E-state index contributed by atoms with van der Waals surface area (Å²) in [7, 11) is 1.61. The highest BCUT2D eigenvalue weighted by Crippen LogP contribution is 2.41. The van der Waals surface area contributed by atoms with Gasteiger partial charge in [-0.05, 0) is 86.3 Å². The number of amides is 1. The summed E-state index contributed by atoms with van der Waals surface area (Å²) in [4.78, 5) is 29.2. The number of benzene rings is 3. The van der Waals surface area contributed by atoms with E-state index in [0.717, 1.165) is 59.5 Å². The zero-order chi connectivity index (χ0) is 30.9. The number of hydrogen-bond donors (Lipinski definition) is 3. The molecular weight excluding hydrogens is 611 g/mol. The molecule has 5 rings (SSSR count). The van der Waals surface area contributed by atoms with Gasteiger partial charge in [0.25, 0.3) is 0 Å². The number of carbonyl (C=O) groups is 2. The maximum Gasteiger partial charge on any atom is 0.341 e. The Morgan fingerprint density at radius 2 is 1.70 bits per heavy atom. The van der Waals surface area contributed by atoms with Gasteiger partial charge in [-0.15, -0.1) is 23.1 Å².